The van der Waals surface area contributed by atoms with Crippen LogP contribution in [0.2, 0.25) is 0 Å². The first-order valence-electron chi connectivity index (χ1n) is 6.62. The van der Waals surface area contributed by atoms with E-state index in [4.69, 9.17) is 5.26 Å². The molecule has 2 aromatic carbocycles. The lowest BCUT2D eigenvalue weighted by atomic mass is 10.1. The quantitative estimate of drug-likeness (QED) is 0.799. The molecular weight excluding hydrogens is 232 g/mol. The molecule has 0 unspecified atom stereocenters. The van der Waals surface area contributed by atoms with Crippen LogP contribution in [0.15, 0.2) is 54.6 Å². The summed E-state index contributed by atoms with van der Waals surface area (Å²) in [6, 6.07) is 20.4. The van der Waals surface area contributed by atoms with Gasteiger partial charge in [0.05, 0.1) is 11.6 Å². The van der Waals surface area contributed by atoms with Gasteiger partial charge in [0.2, 0.25) is 0 Å². The predicted molar refractivity (Wildman–Crippen MR) is 77.6 cm³/mol. The van der Waals surface area contributed by atoms with Crippen LogP contribution in [0.25, 0.3) is 0 Å². The van der Waals surface area contributed by atoms with E-state index in [2.05, 4.69) is 35.7 Å². The van der Waals surface area contributed by atoms with Gasteiger partial charge in [0.15, 0.2) is 0 Å². The fourth-order valence-corrected chi connectivity index (χ4v) is 1.99. The van der Waals surface area contributed by atoms with Gasteiger partial charge in [-0.3, -0.25) is 0 Å². The van der Waals surface area contributed by atoms with Crippen molar-refractivity contribution in [3.05, 3.63) is 71.3 Å². The SMILES string of the molecule is N#Cc1ccc(CNCCCc2ccccc2)cc1. The average molecular weight is 250 g/mol. The maximum absolute atomic E-state index is 8.72. The van der Waals surface area contributed by atoms with Crippen molar-refractivity contribution in [1.82, 2.24) is 5.32 Å². The summed E-state index contributed by atoms with van der Waals surface area (Å²) in [7, 11) is 0. The topological polar surface area (TPSA) is 35.8 Å². The maximum atomic E-state index is 8.72. The number of aryl methyl sites for hydroxylation is 1. The maximum Gasteiger partial charge on any atom is 0.0991 e. The van der Waals surface area contributed by atoms with E-state index in [1.165, 1.54) is 11.1 Å². The van der Waals surface area contributed by atoms with Crippen LogP contribution in [0, 0.1) is 11.3 Å². The molecule has 2 heteroatoms. The van der Waals surface area contributed by atoms with Gasteiger partial charge in [0.1, 0.15) is 0 Å². The Morgan fingerprint density at radius 3 is 2.32 bits per heavy atom. The summed E-state index contributed by atoms with van der Waals surface area (Å²) in [4.78, 5) is 0. The van der Waals surface area contributed by atoms with E-state index in [0.29, 0.717) is 5.56 Å². The number of nitriles is 1. The summed E-state index contributed by atoms with van der Waals surface area (Å²) in [6.07, 6.45) is 2.25. The molecule has 0 aliphatic heterocycles. The highest BCUT2D eigenvalue weighted by Gasteiger charge is 1.95. The molecule has 1 N–H and O–H groups in total. The third-order valence-electron chi connectivity index (χ3n) is 3.07. The minimum absolute atomic E-state index is 0.716. The van der Waals surface area contributed by atoms with E-state index < -0.39 is 0 Å². The molecule has 0 spiro atoms. The third kappa shape index (κ3) is 4.57. The standard InChI is InChI=1S/C17H18N2/c18-13-16-8-10-17(11-9-16)14-19-12-4-7-15-5-2-1-3-6-15/h1-3,5-6,8-11,19H,4,7,12,14H2. The van der Waals surface area contributed by atoms with Crippen LogP contribution in [0.3, 0.4) is 0 Å². The Morgan fingerprint density at radius 1 is 0.895 bits per heavy atom. The summed E-state index contributed by atoms with van der Waals surface area (Å²) in [5.74, 6) is 0. The number of hydrogen-bond acceptors (Lipinski definition) is 2. The van der Waals surface area contributed by atoms with Crippen molar-refractivity contribution in [2.75, 3.05) is 6.54 Å². The molecule has 2 aromatic rings. The number of rotatable bonds is 6. The van der Waals surface area contributed by atoms with E-state index in [9.17, 15) is 0 Å². The van der Waals surface area contributed by atoms with Gasteiger partial charge in [0.25, 0.3) is 0 Å². The molecule has 0 amide bonds. The molecule has 0 aliphatic rings. The molecule has 19 heavy (non-hydrogen) atoms. The first-order valence-corrected chi connectivity index (χ1v) is 6.62. The van der Waals surface area contributed by atoms with Crippen LogP contribution >= 0.6 is 0 Å². The van der Waals surface area contributed by atoms with Gasteiger partial charge < -0.3 is 5.32 Å². The molecule has 0 heterocycles. The minimum Gasteiger partial charge on any atom is -0.313 e. The first kappa shape index (κ1) is 13.3. The monoisotopic (exact) mass is 250 g/mol. The van der Waals surface area contributed by atoms with Gasteiger partial charge in [-0.15, -0.1) is 0 Å². The Hall–Kier alpha value is -2.11. The molecule has 2 nitrogen and oxygen atoms in total. The van der Waals surface area contributed by atoms with Crippen molar-refractivity contribution in [2.45, 2.75) is 19.4 Å². The molecule has 0 saturated heterocycles. The van der Waals surface area contributed by atoms with E-state index in [0.717, 1.165) is 25.9 Å². The Bertz CT molecular complexity index is 523. The van der Waals surface area contributed by atoms with E-state index >= 15 is 0 Å². The highest BCUT2D eigenvalue weighted by Crippen LogP contribution is 2.04. The van der Waals surface area contributed by atoms with Gasteiger partial charge in [-0.1, -0.05) is 42.5 Å². The first-order chi connectivity index (χ1) is 9.38. The second kappa shape index (κ2) is 7.35. The van der Waals surface area contributed by atoms with Crippen molar-refractivity contribution in [3.8, 4) is 6.07 Å². The van der Waals surface area contributed by atoms with Gasteiger partial charge in [-0.25, -0.2) is 0 Å². The molecule has 0 fully saturated rings. The fourth-order valence-electron chi connectivity index (χ4n) is 1.99. The third-order valence-corrected chi connectivity index (χ3v) is 3.07. The van der Waals surface area contributed by atoms with Crippen molar-refractivity contribution < 1.29 is 0 Å². The van der Waals surface area contributed by atoms with Crippen LogP contribution in [-0.4, -0.2) is 6.54 Å². The van der Waals surface area contributed by atoms with Crippen LogP contribution in [0.4, 0.5) is 0 Å². The van der Waals surface area contributed by atoms with Crippen LogP contribution in [-0.2, 0) is 13.0 Å². The lowest BCUT2D eigenvalue weighted by Gasteiger charge is -2.05. The fraction of sp³-hybridized carbons (Fsp3) is 0.235. The Balaban J connectivity index is 1.65. The van der Waals surface area contributed by atoms with Gasteiger partial charge in [0, 0.05) is 6.54 Å². The zero-order chi connectivity index (χ0) is 13.3. The smallest absolute Gasteiger partial charge is 0.0991 e. The van der Waals surface area contributed by atoms with Crippen LogP contribution < -0.4 is 5.32 Å². The largest absolute Gasteiger partial charge is 0.313 e. The molecule has 0 saturated carbocycles. The summed E-state index contributed by atoms with van der Waals surface area (Å²) < 4.78 is 0. The van der Waals surface area contributed by atoms with Crippen molar-refractivity contribution >= 4 is 0 Å². The molecule has 0 atom stereocenters. The molecule has 96 valence electrons. The van der Waals surface area contributed by atoms with Crippen molar-refractivity contribution in [1.29, 1.82) is 5.26 Å². The van der Waals surface area contributed by atoms with Crippen LogP contribution in [0.5, 0.6) is 0 Å². The summed E-state index contributed by atoms with van der Waals surface area (Å²) in [6.45, 7) is 1.87. The van der Waals surface area contributed by atoms with Crippen LogP contribution in [0.1, 0.15) is 23.1 Å². The zero-order valence-corrected chi connectivity index (χ0v) is 11.0. The van der Waals surface area contributed by atoms with Gasteiger partial charge >= 0.3 is 0 Å². The van der Waals surface area contributed by atoms with E-state index in [1.54, 1.807) is 0 Å². The number of nitrogens with zero attached hydrogens (tertiary/aromatic N) is 1. The lowest BCUT2D eigenvalue weighted by molar-refractivity contribution is 0.649. The van der Waals surface area contributed by atoms with Crippen molar-refractivity contribution in [3.63, 3.8) is 0 Å². The highest BCUT2D eigenvalue weighted by molar-refractivity contribution is 5.31. The average Bonchev–Trinajstić information content (AvgIpc) is 2.49. The second-order valence-electron chi connectivity index (χ2n) is 4.57. The summed E-state index contributed by atoms with van der Waals surface area (Å²) >= 11 is 0. The predicted octanol–water partition coefficient (Wildman–Crippen LogP) is 3.28. The number of hydrogen-bond donors (Lipinski definition) is 1. The van der Waals surface area contributed by atoms with E-state index in [1.807, 2.05) is 30.3 Å². The van der Waals surface area contributed by atoms with E-state index in [-0.39, 0.29) is 0 Å². The molecule has 0 bridgehead atoms. The minimum atomic E-state index is 0.716. The Labute approximate surface area is 114 Å². The Morgan fingerprint density at radius 2 is 1.63 bits per heavy atom. The normalized spacial score (nSPS) is 10.1. The second-order valence-corrected chi connectivity index (χ2v) is 4.57. The number of benzene rings is 2. The molecule has 2 rings (SSSR count). The highest BCUT2D eigenvalue weighted by atomic mass is 14.8. The molecule has 0 radical (unpaired) electrons. The lowest BCUT2D eigenvalue weighted by Crippen LogP contribution is -2.15. The van der Waals surface area contributed by atoms with Gasteiger partial charge in [-0.05, 0) is 42.6 Å². The Kier molecular flexibility index (Phi) is 5.16. The number of nitrogens with one attached hydrogen (secondary N) is 1. The van der Waals surface area contributed by atoms with Crippen molar-refractivity contribution in [2.24, 2.45) is 0 Å². The summed E-state index contributed by atoms with van der Waals surface area (Å²) in [5.41, 5.74) is 3.33. The van der Waals surface area contributed by atoms with Gasteiger partial charge in [-0.2, -0.15) is 5.26 Å². The molecule has 0 aromatic heterocycles. The molecular formula is C17H18N2. The summed E-state index contributed by atoms with van der Waals surface area (Å²) in [5, 5.41) is 12.1. The zero-order valence-electron chi connectivity index (χ0n) is 11.0. The molecule has 0 aliphatic carbocycles.